The van der Waals surface area contributed by atoms with Gasteiger partial charge >= 0.3 is 6.18 Å². The molecule has 1 rings (SSSR count). The molecule has 0 aliphatic heterocycles. The summed E-state index contributed by atoms with van der Waals surface area (Å²) in [6.07, 6.45) is -7.54. The highest BCUT2D eigenvalue weighted by molar-refractivity contribution is 5.60. The highest BCUT2D eigenvalue weighted by Gasteiger charge is 2.37. The summed E-state index contributed by atoms with van der Waals surface area (Å²) in [6.45, 7) is 0. The third-order valence-corrected chi connectivity index (χ3v) is 1.81. The second kappa shape index (κ2) is 4.11. The summed E-state index contributed by atoms with van der Waals surface area (Å²) in [5.41, 5.74) is 2.12. The molecule has 0 amide bonds. The van der Waals surface area contributed by atoms with Crippen molar-refractivity contribution in [3.63, 3.8) is 0 Å². The summed E-state index contributed by atoms with van der Waals surface area (Å²) in [4.78, 5) is 2.98. The third kappa shape index (κ3) is 2.15. The topological polar surface area (TPSA) is 48.1 Å². The molecule has 0 fully saturated rings. The number of rotatable bonds is 2. The van der Waals surface area contributed by atoms with Gasteiger partial charge in [-0.2, -0.15) is 13.2 Å². The van der Waals surface area contributed by atoms with Crippen molar-refractivity contribution in [1.29, 1.82) is 0 Å². The Balaban J connectivity index is 3.41. The maximum atomic E-state index is 12.4. The van der Waals surface area contributed by atoms with Crippen LogP contribution in [-0.2, 0) is 6.18 Å². The van der Waals surface area contributed by atoms with E-state index in [2.05, 4.69) is 9.72 Å². The molecule has 1 heterocycles. The van der Waals surface area contributed by atoms with Gasteiger partial charge in [-0.3, -0.25) is 4.98 Å². The first kappa shape index (κ1) is 12.5. The lowest BCUT2D eigenvalue weighted by molar-refractivity contribution is -0.139. The van der Waals surface area contributed by atoms with Gasteiger partial charge in [-0.15, -0.1) is 0 Å². The van der Waals surface area contributed by atoms with Crippen molar-refractivity contribution in [3.05, 3.63) is 17.5 Å². The van der Waals surface area contributed by atoms with Crippen LogP contribution in [-0.4, -0.2) is 12.1 Å². The van der Waals surface area contributed by atoms with E-state index in [9.17, 15) is 22.0 Å². The average molecular weight is 242 g/mol. The first-order valence-corrected chi connectivity index (χ1v) is 3.96. The lowest BCUT2D eigenvalue weighted by Crippen LogP contribution is -2.12. The van der Waals surface area contributed by atoms with E-state index in [0.717, 1.165) is 7.11 Å². The quantitative estimate of drug-likeness (QED) is 0.811. The molecule has 1 aromatic heterocycles. The second-order valence-electron chi connectivity index (χ2n) is 2.80. The van der Waals surface area contributed by atoms with Crippen molar-refractivity contribution in [2.45, 2.75) is 12.6 Å². The molecule has 0 atom stereocenters. The van der Waals surface area contributed by atoms with Crippen LogP contribution < -0.4 is 10.5 Å². The predicted octanol–water partition coefficient (Wildman–Crippen LogP) is 2.63. The van der Waals surface area contributed by atoms with Gasteiger partial charge < -0.3 is 10.5 Å². The summed E-state index contributed by atoms with van der Waals surface area (Å²) in [7, 11) is 0.913. The van der Waals surface area contributed by atoms with E-state index in [1.165, 1.54) is 0 Å². The van der Waals surface area contributed by atoms with Crippen molar-refractivity contribution < 1.29 is 26.7 Å². The van der Waals surface area contributed by atoms with Crippen LogP contribution >= 0.6 is 0 Å². The molecule has 0 bridgehead atoms. The Morgan fingerprint density at radius 3 is 2.31 bits per heavy atom. The minimum absolute atomic E-state index is 0.274. The number of halogens is 5. The maximum absolute atomic E-state index is 12.4. The van der Waals surface area contributed by atoms with E-state index in [0.29, 0.717) is 0 Å². The molecule has 8 heteroatoms. The van der Waals surface area contributed by atoms with Crippen molar-refractivity contribution in [2.75, 3.05) is 12.8 Å². The first-order valence-electron chi connectivity index (χ1n) is 3.96. The van der Waals surface area contributed by atoms with Crippen LogP contribution in [0.2, 0.25) is 0 Å². The standard InChI is InChI=1S/C8H7F5N2O/c1-16-6-3(8(11,12)13)2-15-5(4(6)14)7(9)10/h2,7H,14H2,1H3. The zero-order valence-corrected chi connectivity index (χ0v) is 7.98. The molecule has 90 valence electrons. The summed E-state index contributed by atoms with van der Waals surface area (Å²) in [5, 5.41) is 0. The zero-order valence-electron chi connectivity index (χ0n) is 7.98. The zero-order chi connectivity index (χ0) is 12.5. The van der Waals surface area contributed by atoms with Crippen molar-refractivity contribution >= 4 is 5.69 Å². The molecular formula is C8H7F5N2O. The number of nitrogens with two attached hydrogens (primary N) is 1. The second-order valence-corrected chi connectivity index (χ2v) is 2.80. The Kier molecular flexibility index (Phi) is 3.20. The lowest BCUT2D eigenvalue weighted by atomic mass is 10.2. The van der Waals surface area contributed by atoms with E-state index in [4.69, 9.17) is 5.73 Å². The summed E-state index contributed by atoms with van der Waals surface area (Å²) >= 11 is 0. The van der Waals surface area contributed by atoms with Gasteiger partial charge in [0.25, 0.3) is 6.43 Å². The number of aromatic nitrogens is 1. The molecule has 0 saturated carbocycles. The molecule has 0 aromatic carbocycles. The van der Waals surface area contributed by atoms with Crippen molar-refractivity contribution in [2.24, 2.45) is 0 Å². The van der Waals surface area contributed by atoms with Gasteiger partial charge in [0.05, 0.1) is 7.11 Å². The van der Waals surface area contributed by atoms with E-state index in [-0.39, 0.29) is 6.20 Å². The Morgan fingerprint density at radius 2 is 1.94 bits per heavy atom. The van der Waals surface area contributed by atoms with E-state index in [1.54, 1.807) is 0 Å². The van der Waals surface area contributed by atoms with Crippen molar-refractivity contribution in [3.8, 4) is 5.75 Å². The van der Waals surface area contributed by atoms with Crippen molar-refractivity contribution in [1.82, 2.24) is 4.98 Å². The minimum atomic E-state index is -4.76. The summed E-state index contributed by atoms with van der Waals surface area (Å²) in [6, 6.07) is 0. The Labute approximate surface area is 87.0 Å². The lowest BCUT2D eigenvalue weighted by Gasteiger charge is -2.15. The predicted molar refractivity (Wildman–Crippen MR) is 45.2 cm³/mol. The number of ether oxygens (including phenoxy) is 1. The number of nitrogen functional groups attached to an aromatic ring is 1. The molecule has 0 saturated heterocycles. The normalized spacial score (nSPS) is 11.9. The molecule has 2 N–H and O–H groups in total. The van der Waals surface area contributed by atoms with Gasteiger partial charge in [0.15, 0.2) is 5.75 Å². The molecule has 0 unspecified atom stereocenters. The number of alkyl halides is 5. The van der Waals surface area contributed by atoms with E-state index in [1.807, 2.05) is 0 Å². The van der Waals surface area contributed by atoms with Gasteiger partial charge in [-0.1, -0.05) is 0 Å². The highest BCUT2D eigenvalue weighted by Crippen LogP contribution is 2.41. The van der Waals surface area contributed by atoms with Crippen LogP contribution in [0.4, 0.5) is 27.6 Å². The molecule has 0 aliphatic rings. The molecule has 0 spiro atoms. The van der Waals surface area contributed by atoms with Crippen LogP contribution in [0.3, 0.4) is 0 Å². The molecule has 1 aromatic rings. The average Bonchev–Trinajstić information content (AvgIpc) is 2.15. The Morgan fingerprint density at radius 1 is 1.38 bits per heavy atom. The molecule has 0 aliphatic carbocycles. The van der Waals surface area contributed by atoms with Gasteiger partial charge in [-0.25, -0.2) is 8.78 Å². The fraction of sp³-hybridized carbons (Fsp3) is 0.375. The smallest absolute Gasteiger partial charge is 0.421 e. The first-order chi connectivity index (χ1) is 7.29. The number of anilines is 1. The fourth-order valence-corrected chi connectivity index (χ4v) is 1.12. The minimum Gasteiger partial charge on any atom is -0.494 e. The third-order valence-electron chi connectivity index (χ3n) is 1.81. The van der Waals surface area contributed by atoms with Crippen LogP contribution in [0.1, 0.15) is 17.7 Å². The van der Waals surface area contributed by atoms with Crippen LogP contribution in [0.5, 0.6) is 5.75 Å². The number of hydrogen-bond donors (Lipinski definition) is 1. The van der Waals surface area contributed by atoms with E-state index >= 15 is 0 Å². The van der Waals surface area contributed by atoms with Gasteiger partial charge in [0.1, 0.15) is 16.9 Å². The molecule has 16 heavy (non-hydrogen) atoms. The van der Waals surface area contributed by atoms with E-state index < -0.39 is 35.3 Å². The van der Waals surface area contributed by atoms with Crippen LogP contribution in [0.25, 0.3) is 0 Å². The van der Waals surface area contributed by atoms with Gasteiger partial charge in [0, 0.05) is 6.20 Å². The highest BCUT2D eigenvalue weighted by atomic mass is 19.4. The summed E-state index contributed by atoms with van der Waals surface area (Å²) < 4.78 is 66.1. The molecule has 0 radical (unpaired) electrons. The van der Waals surface area contributed by atoms with Gasteiger partial charge in [0.2, 0.25) is 0 Å². The maximum Gasteiger partial charge on any atom is 0.421 e. The number of methoxy groups -OCH3 is 1. The van der Waals surface area contributed by atoms with Gasteiger partial charge in [-0.05, 0) is 0 Å². The van der Waals surface area contributed by atoms with Crippen LogP contribution in [0.15, 0.2) is 6.20 Å². The number of nitrogens with zero attached hydrogens (tertiary/aromatic N) is 1. The van der Waals surface area contributed by atoms with Crippen LogP contribution in [0, 0.1) is 0 Å². The molecular weight excluding hydrogens is 235 g/mol. The Hall–Kier alpha value is -1.60. The monoisotopic (exact) mass is 242 g/mol. The molecule has 3 nitrogen and oxygen atoms in total. The fourth-order valence-electron chi connectivity index (χ4n) is 1.12. The largest absolute Gasteiger partial charge is 0.494 e. The Bertz CT molecular complexity index is 391. The number of pyridine rings is 1. The number of hydrogen-bond acceptors (Lipinski definition) is 3. The SMILES string of the molecule is COc1c(C(F)(F)F)cnc(C(F)F)c1N. The summed E-state index contributed by atoms with van der Waals surface area (Å²) in [5.74, 6) is -0.835.